The summed E-state index contributed by atoms with van der Waals surface area (Å²) in [7, 11) is 0. The lowest BCUT2D eigenvalue weighted by atomic mass is 10.0. The zero-order valence-corrected chi connectivity index (χ0v) is 13.0. The number of hydrogen-bond donors (Lipinski definition) is 1. The first-order chi connectivity index (χ1) is 9.78. The summed E-state index contributed by atoms with van der Waals surface area (Å²) in [5, 5.41) is 5.93. The van der Waals surface area contributed by atoms with Crippen LogP contribution in [0, 0.1) is 5.92 Å². The van der Waals surface area contributed by atoms with Gasteiger partial charge in [-0.15, -0.1) is 11.3 Å². The van der Waals surface area contributed by atoms with Crippen molar-refractivity contribution < 1.29 is 4.79 Å². The number of thiophene rings is 1. The fourth-order valence-electron chi connectivity index (χ4n) is 3.03. The van der Waals surface area contributed by atoms with Gasteiger partial charge in [0.15, 0.2) is 0 Å². The first-order valence-corrected chi connectivity index (χ1v) is 8.74. The minimum absolute atomic E-state index is 0.369. The van der Waals surface area contributed by atoms with Crippen molar-refractivity contribution >= 4 is 17.2 Å². The van der Waals surface area contributed by atoms with Gasteiger partial charge in [-0.3, -0.25) is 4.79 Å². The SMILES string of the molecule is CCC(NC1CCN(C(=O)C2CC2)CC1)c1cccs1. The third kappa shape index (κ3) is 3.23. The zero-order chi connectivity index (χ0) is 13.9. The fraction of sp³-hybridized carbons (Fsp3) is 0.688. The van der Waals surface area contributed by atoms with Crippen molar-refractivity contribution in [2.45, 2.75) is 51.1 Å². The van der Waals surface area contributed by atoms with Gasteiger partial charge in [0.25, 0.3) is 0 Å². The molecule has 1 amide bonds. The first-order valence-electron chi connectivity index (χ1n) is 7.86. The van der Waals surface area contributed by atoms with Crippen molar-refractivity contribution in [2.75, 3.05) is 13.1 Å². The van der Waals surface area contributed by atoms with Crippen LogP contribution in [0.25, 0.3) is 0 Å². The standard InChI is InChI=1S/C16H24N2OS/c1-2-14(15-4-3-11-20-15)17-13-7-9-18(10-8-13)16(19)12-5-6-12/h3-4,11-14,17H,2,5-10H2,1H3. The summed E-state index contributed by atoms with van der Waals surface area (Å²) in [4.78, 5) is 15.6. The van der Waals surface area contributed by atoms with E-state index < -0.39 is 0 Å². The summed E-state index contributed by atoms with van der Waals surface area (Å²) in [6.45, 7) is 4.12. The monoisotopic (exact) mass is 292 g/mol. The lowest BCUT2D eigenvalue weighted by molar-refractivity contribution is -0.133. The number of nitrogens with one attached hydrogen (secondary N) is 1. The minimum atomic E-state index is 0.369. The van der Waals surface area contributed by atoms with Crippen molar-refractivity contribution in [2.24, 2.45) is 5.92 Å². The number of carbonyl (C=O) groups excluding carboxylic acids is 1. The second kappa shape index (κ2) is 6.27. The number of nitrogens with zero attached hydrogens (tertiary/aromatic N) is 1. The number of likely N-dealkylation sites (tertiary alicyclic amines) is 1. The summed E-state index contributed by atoms with van der Waals surface area (Å²) in [6.07, 6.45) is 5.56. The normalized spacial score (nSPS) is 21.9. The fourth-order valence-corrected chi connectivity index (χ4v) is 3.90. The molecular weight excluding hydrogens is 268 g/mol. The van der Waals surface area contributed by atoms with E-state index in [-0.39, 0.29) is 0 Å². The molecule has 110 valence electrons. The average Bonchev–Trinajstić information content (AvgIpc) is 3.20. The number of piperidine rings is 1. The van der Waals surface area contributed by atoms with Crippen LogP contribution < -0.4 is 5.32 Å². The van der Waals surface area contributed by atoms with Crippen molar-refractivity contribution in [1.29, 1.82) is 0 Å². The highest BCUT2D eigenvalue weighted by molar-refractivity contribution is 7.10. The van der Waals surface area contributed by atoms with Crippen LogP contribution in [0.2, 0.25) is 0 Å². The van der Waals surface area contributed by atoms with Gasteiger partial charge in [-0.25, -0.2) is 0 Å². The Morgan fingerprint density at radius 3 is 2.70 bits per heavy atom. The molecule has 1 atom stereocenters. The molecule has 2 fully saturated rings. The molecule has 0 spiro atoms. The van der Waals surface area contributed by atoms with E-state index >= 15 is 0 Å². The van der Waals surface area contributed by atoms with Gasteiger partial charge in [0.2, 0.25) is 5.91 Å². The molecule has 1 unspecified atom stereocenters. The molecule has 1 aromatic heterocycles. The summed E-state index contributed by atoms with van der Waals surface area (Å²) in [5.74, 6) is 0.780. The Morgan fingerprint density at radius 2 is 2.15 bits per heavy atom. The third-order valence-corrected chi connectivity index (χ3v) is 5.45. The highest BCUT2D eigenvalue weighted by Crippen LogP contribution is 2.32. The molecule has 20 heavy (non-hydrogen) atoms. The molecule has 3 nitrogen and oxygen atoms in total. The Kier molecular flexibility index (Phi) is 4.41. The lowest BCUT2D eigenvalue weighted by Gasteiger charge is -2.34. The molecule has 1 aromatic rings. The minimum Gasteiger partial charge on any atom is -0.342 e. The molecular formula is C16H24N2OS. The largest absolute Gasteiger partial charge is 0.342 e. The van der Waals surface area contributed by atoms with Gasteiger partial charge in [-0.2, -0.15) is 0 Å². The number of amides is 1. The van der Waals surface area contributed by atoms with Crippen LogP contribution in [0.1, 0.15) is 49.9 Å². The molecule has 1 saturated carbocycles. The third-order valence-electron chi connectivity index (χ3n) is 4.46. The molecule has 1 saturated heterocycles. The number of rotatable bonds is 5. The Hall–Kier alpha value is -0.870. The van der Waals surface area contributed by atoms with Crippen molar-refractivity contribution in [3.8, 4) is 0 Å². The summed E-state index contributed by atoms with van der Waals surface area (Å²) >= 11 is 1.83. The smallest absolute Gasteiger partial charge is 0.225 e. The van der Waals surface area contributed by atoms with Crippen LogP contribution in [-0.4, -0.2) is 29.9 Å². The highest BCUT2D eigenvalue weighted by Gasteiger charge is 2.35. The molecule has 2 heterocycles. The quantitative estimate of drug-likeness (QED) is 0.904. The van der Waals surface area contributed by atoms with Crippen LogP contribution in [-0.2, 0) is 4.79 Å². The molecule has 1 N–H and O–H groups in total. The maximum absolute atomic E-state index is 12.0. The van der Waals surface area contributed by atoms with E-state index in [2.05, 4.69) is 34.7 Å². The van der Waals surface area contributed by atoms with Gasteiger partial charge >= 0.3 is 0 Å². The van der Waals surface area contributed by atoms with Gasteiger partial charge in [0.1, 0.15) is 0 Å². The summed E-state index contributed by atoms with van der Waals surface area (Å²) in [6, 6.07) is 5.38. The summed E-state index contributed by atoms with van der Waals surface area (Å²) in [5.41, 5.74) is 0. The maximum Gasteiger partial charge on any atom is 0.225 e. The molecule has 0 bridgehead atoms. The Balaban J connectivity index is 1.49. The topological polar surface area (TPSA) is 32.3 Å². The van der Waals surface area contributed by atoms with Crippen LogP contribution >= 0.6 is 11.3 Å². The molecule has 0 radical (unpaired) electrons. The van der Waals surface area contributed by atoms with E-state index in [9.17, 15) is 4.79 Å². The van der Waals surface area contributed by atoms with E-state index in [4.69, 9.17) is 0 Å². The Bertz CT molecular complexity index is 433. The van der Waals surface area contributed by atoms with Gasteiger partial charge in [0.05, 0.1) is 0 Å². The van der Waals surface area contributed by atoms with Gasteiger partial charge in [-0.1, -0.05) is 13.0 Å². The predicted molar refractivity (Wildman–Crippen MR) is 82.8 cm³/mol. The number of hydrogen-bond acceptors (Lipinski definition) is 3. The number of carbonyl (C=O) groups is 1. The van der Waals surface area contributed by atoms with Crippen molar-refractivity contribution in [3.05, 3.63) is 22.4 Å². The molecule has 1 aliphatic heterocycles. The molecule has 2 aliphatic rings. The van der Waals surface area contributed by atoms with Gasteiger partial charge in [0, 0.05) is 36.0 Å². The van der Waals surface area contributed by atoms with Crippen LogP contribution in [0.15, 0.2) is 17.5 Å². The maximum atomic E-state index is 12.0. The van der Waals surface area contributed by atoms with Gasteiger partial charge < -0.3 is 10.2 Å². The van der Waals surface area contributed by atoms with E-state index in [0.29, 0.717) is 23.9 Å². The summed E-state index contributed by atoms with van der Waals surface area (Å²) < 4.78 is 0. The van der Waals surface area contributed by atoms with Crippen LogP contribution in [0.3, 0.4) is 0 Å². The van der Waals surface area contributed by atoms with E-state index in [0.717, 1.165) is 45.2 Å². The highest BCUT2D eigenvalue weighted by atomic mass is 32.1. The second-order valence-corrected chi connectivity index (χ2v) is 7.00. The Morgan fingerprint density at radius 1 is 1.40 bits per heavy atom. The molecule has 0 aromatic carbocycles. The van der Waals surface area contributed by atoms with Crippen LogP contribution in [0.5, 0.6) is 0 Å². The molecule has 4 heteroatoms. The first kappa shape index (κ1) is 14.1. The predicted octanol–water partition coefficient (Wildman–Crippen LogP) is 3.19. The van der Waals surface area contributed by atoms with E-state index in [1.807, 2.05) is 11.3 Å². The molecule has 3 rings (SSSR count). The average molecular weight is 292 g/mol. The van der Waals surface area contributed by atoms with E-state index in [1.54, 1.807) is 0 Å². The van der Waals surface area contributed by atoms with Crippen LogP contribution in [0.4, 0.5) is 0 Å². The molecule has 1 aliphatic carbocycles. The lowest BCUT2D eigenvalue weighted by Crippen LogP contribution is -2.46. The Labute approximate surface area is 125 Å². The van der Waals surface area contributed by atoms with Gasteiger partial charge in [-0.05, 0) is 43.6 Å². The van der Waals surface area contributed by atoms with Crippen molar-refractivity contribution in [3.63, 3.8) is 0 Å². The van der Waals surface area contributed by atoms with E-state index in [1.165, 1.54) is 4.88 Å². The zero-order valence-electron chi connectivity index (χ0n) is 12.2. The van der Waals surface area contributed by atoms with Crippen molar-refractivity contribution in [1.82, 2.24) is 10.2 Å². The second-order valence-electron chi connectivity index (χ2n) is 6.02.